The largest absolute Gasteiger partial charge is 0.469 e. The molecule has 5 atom stereocenters. The van der Waals surface area contributed by atoms with E-state index in [0.29, 0.717) is 13.0 Å². The topological polar surface area (TPSA) is 61.8 Å². The predicted octanol–water partition coefficient (Wildman–Crippen LogP) is 1.80. The fourth-order valence-electron chi connectivity index (χ4n) is 3.69. The summed E-state index contributed by atoms with van der Waals surface area (Å²) in [6.45, 7) is 0.427. The van der Waals surface area contributed by atoms with Crippen LogP contribution in [0.15, 0.2) is 30.3 Å². The Labute approximate surface area is 129 Å². The van der Waals surface area contributed by atoms with Gasteiger partial charge in [0.2, 0.25) is 0 Å². The lowest BCUT2D eigenvalue weighted by Gasteiger charge is -2.22. The van der Waals surface area contributed by atoms with Gasteiger partial charge in [0, 0.05) is 5.92 Å². The van der Waals surface area contributed by atoms with E-state index >= 15 is 0 Å². The molecule has 3 rings (SSSR count). The monoisotopic (exact) mass is 304 g/mol. The van der Waals surface area contributed by atoms with Gasteiger partial charge in [-0.1, -0.05) is 30.3 Å². The highest BCUT2D eigenvalue weighted by atomic mass is 16.5. The van der Waals surface area contributed by atoms with Gasteiger partial charge >= 0.3 is 11.9 Å². The van der Waals surface area contributed by atoms with Crippen LogP contribution >= 0.6 is 0 Å². The minimum Gasteiger partial charge on any atom is -0.469 e. The molecule has 2 fully saturated rings. The molecule has 1 aromatic carbocycles. The Balaban J connectivity index is 1.69. The molecule has 0 spiro atoms. The van der Waals surface area contributed by atoms with Crippen molar-refractivity contribution in [2.75, 3.05) is 14.2 Å². The Morgan fingerprint density at radius 1 is 1.09 bits per heavy atom. The van der Waals surface area contributed by atoms with Gasteiger partial charge in [0.15, 0.2) is 0 Å². The second-order valence-corrected chi connectivity index (χ2v) is 5.92. The Hall–Kier alpha value is -1.88. The van der Waals surface area contributed by atoms with E-state index in [1.165, 1.54) is 14.2 Å². The Kier molecular flexibility index (Phi) is 4.16. The number of carbonyl (C=O) groups excluding carboxylic acids is 2. The van der Waals surface area contributed by atoms with E-state index in [4.69, 9.17) is 14.2 Å². The molecule has 0 N–H and O–H groups in total. The summed E-state index contributed by atoms with van der Waals surface area (Å²) < 4.78 is 15.7. The average molecular weight is 304 g/mol. The summed E-state index contributed by atoms with van der Waals surface area (Å²) in [7, 11) is 2.78. The zero-order valence-electron chi connectivity index (χ0n) is 12.7. The summed E-state index contributed by atoms with van der Waals surface area (Å²) >= 11 is 0. The number of hydrogen-bond acceptors (Lipinski definition) is 5. The van der Waals surface area contributed by atoms with Gasteiger partial charge in [-0.05, 0) is 17.9 Å². The lowest BCUT2D eigenvalue weighted by Crippen LogP contribution is -2.32. The highest BCUT2D eigenvalue weighted by Crippen LogP contribution is 2.61. The zero-order chi connectivity index (χ0) is 15.7. The van der Waals surface area contributed by atoms with Gasteiger partial charge in [0.1, 0.15) is 0 Å². The smallest absolute Gasteiger partial charge is 0.311 e. The molecule has 0 radical (unpaired) electrons. The van der Waals surface area contributed by atoms with Crippen LogP contribution in [-0.2, 0) is 30.4 Å². The fourth-order valence-corrected chi connectivity index (χ4v) is 3.69. The molecule has 5 heteroatoms. The van der Waals surface area contributed by atoms with Crippen molar-refractivity contribution in [3.8, 4) is 0 Å². The molecule has 0 aliphatic heterocycles. The maximum absolute atomic E-state index is 11.9. The van der Waals surface area contributed by atoms with Crippen molar-refractivity contribution in [3.63, 3.8) is 0 Å². The van der Waals surface area contributed by atoms with E-state index in [0.717, 1.165) is 5.56 Å². The van der Waals surface area contributed by atoms with E-state index in [1.54, 1.807) is 0 Å². The molecule has 1 aromatic rings. The molecule has 2 aliphatic carbocycles. The first-order valence-corrected chi connectivity index (χ1v) is 7.48. The number of hydrogen-bond donors (Lipinski definition) is 0. The van der Waals surface area contributed by atoms with Crippen molar-refractivity contribution in [2.24, 2.45) is 23.7 Å². The standard InChI is InChI=1S/C17H20O5/c1-20-16(18)12-8-11-13(14(11)17(19)21-2)15(12)22-9-10-6-4-3-5-7-10/h3-7,11-15H,8-9H2,1-2H3/t11-,12+,13+,14-,15-/m1/s1. The van der Waals surface area contributed by atoms with Gasteiger partial charge in [0.05, 0.1) is 38.8 Å². The number of carbonyl (C=O) groups is 2. The van der Waals surface area contributed by atoms with Gasteiger partial charge in [0.25, 0.3) is 0 Å². The van der Waals surface area contributed by atoms with E-state index in [1.807, 2.05) is 30.3 Å². The van der Waals surface area contributed by atoms with Gasteiger partial charge < -0.3 is 14.2 Å². The fraction of sp³-hybridized carbons (Fsp3) is 0.529. The summed E-state index contributed by atoms with van der Waals surface area (Å²) in [5, 5.41) is 0. The third kappa shape index (κ3) is 2.61. The molecule has 22 heavy (non-hydrogen) atoms. The van der Waals surface area contributed by atoms with Crippen molar-refractivity contribution in [1.29, 1.82) is 0 Å². The van der Waals surface area contributed by atoms with Crippen LogP contribution in [0.2, 0.25) is 0 Å². The van der Waals surface area contributed by atoms with Crippen LogP contribution in [0.25, 0.3) is 0 Å². The van der Waals surface area contributed by atoms with Gasteiger partial charge in [-0.3, -0.25) is 9.59 Å². The van der Waals surface area contributed by atoms with Crippen molar-refractivity contribution in [2.45, 2.75) is 19.1 Å². The van der Waals surface area contributed by atoms with E-state index < -0.39 is 0 Å². The summed E-state index contributed by atoms with van der Waals surface area (Å²) in [6, 6.07) is 9.79. The average Bonchev–Trinajstić information content (AvgIpc) is 3.15. The first kappa shape index (κ1) is 15.0. The molecule has 0 aromatic heterocycles. The van der Waals surface area contributed by atoms with Crippen LogP contribution in [0.3, 0.4) is 0 Å². The second-order valence-electron chi connectivity index (χ2n) is 5.92. The van der Waals surface area contributed by atoms with Crippen molar-refractivity contribution in [3.05, 3.63) is 35.9 Å². The van der Waals surface area contributed by atoms with Crippen molar-refractivity contribution < 1.29 is 23.8 Å². The minimum absolute atomic E-state index is 0.0697. The number of esters is 2. The summed E-state index contributed by atoms with van der Waals surface area (Å²) in [4.78, 5) is 23.7. The Morgan fingerprint density at radius 2 is 1.77 bits per heavy atom. The molecular formula is C17H20O5. The Morgan fingerprint density at radius 3 is 2.41 bits per heavy atom. The third-order valence-corrected chi connectivity index (χ3v) is 4.79. The molecule has 0 amide bonds. The second kappa shape index (κ2) is 6.08. The van der Waals surface area contributed by atoms with Gasteiger partial charge in [-0.15, -0.1) is 0 Å². The number of fused-ring (bicyclic) bond motifs is 1. The zero-order valence-corrected chi connectivity index (χ0v) is 12.7. The number of ether oxygens (including phenoxy) is 3. The van der Waals surface area contributed by atoms with Crippen LogP contribution in [-0.4, -0.2) is 32.3 Å². The van der Waals surface area contributed by atoms with Crippen LogP contribution in [0, 0.1) is 23.7 Å². The lowest BCUT2D eigenvalue weighted by atomic mass is 9.97. The molecule has 2 aliphatic rings. The molecule has 0 bridgehead atoms. The summed E-state index contributed by atoms with van der Waals surface area (Å²) in [5.74, 6) is -0.630. The maximum atomic E-state index is 11.9. The first-order chi connectivity index (χ1) is 10.7. The summed E-state index contributed by atoms with van der Waals surface area (Å²) in [6.07, 6.45) is 0.359. The predicted molar refractivity (Wildman–Crippen MR) is 77.6 cm³/mol. The SMILES string of the molecule is COC(=O)[C@@H]1[C@@H]2C[C@H](C(=O)OC)[C@@H](OCc3ccccc3)[C@@H]21. The molecule has 0 saturated heterocycles. The van der Waals surface area contributed by atoms with E-state index in [2.05, 4.69) is 0 Å². The lowest BCUT2D eigenvalue weighted by molar-refractivity contribution is -0.154. The molecule has 0 heterocycles. The molecule has 118 valence electrons. The highest BCUT2D eigenvalue weighted by molar-refractivity contribution is 5.80. The number of methoxy groups -OCH3 is 2. The van der Waals surface area contributed by atoms with Crippen molar-refractivity contribution >= 4 is 11.9 Å². The number of rotatable bonds is 5. The maximum Gasteiger partial charge on any atom is 0.311 e. The van der Waals surface area contributed by atoms with Crippen LogP contribution in [0.1, 0.15) is 12.0 Å². The molecule has 2 saturated carbocycles. The minimum atomic E-state index is -0.287. The molecular weight excluding hydrogens is 284 g/mol. The molecule has 0 unspecified atom stereocenters. The number of benzene rings is 1. The normalized spacial score (nSPS) is 32.2. The Bertz CT molecular complexity index is 555. The van der Waals surface area contributed by atoms with Gasteiger partial charge in [-0.2, -0.15) is 0 Å². The highest BCUT2D eigenvalue weighted by Gasteiger charge is 2.67. The molecule has 5 nitrogen and oxygen atoms in total. The van der Waals surface area contributed by atoms with Crippen LogP contribution in [0.5, 0.6) is 0 Å². The van der Waals surface area contributed by atoms with E-state index in [9.17, 15) is 9.59 Å². The van der Waals surface area contributed by atoms with E-state index in [-0.39, 0.29) is 41.7 Å². The van der Waals surface area contributed by atoms with Gasteiger partial charge in [-0.25, -0.2) is 0 Å². The quantitative estimate of drug-likeness (QED) is 0.776. The van der Waals surface area contributed by atoms with Crippen LogP contribution < -0.4 is 0 Å². The van der Waals surface area contributed by atoms with Crippen molar-refractivity contribution in [1.82, 2.24) is 0 Å². The third-order valence-electron chi connectivity index (χ3n) is 4.79. The first-order valence-electron chi connectivity index (χ1n) is 7.48. The summed E-state index contributed by atoms with van der Waals surface area (Å²) in [5.41, 5.74) is 1.05. The van der Waals surface area contributed by atoms with Crippen LogP contribution in [0.4, 0.5) is 0 Å².